The molecule has 0 saturated heterocycles. The number of oxazole rings is 1. The van der Waals surface area contributed by atoms with Crippen LogP contribution < -0.4 is 0 Å². The van der Waals surface area contributed by atoms with Gasteiger partial charge in [-0.3, -0.25) is 0 Å². The fraction of sp³-hybridized carbons (Fsp3) is 0.0833. The maximum atomic E-state index is 5.52. The van der Waals surface area contributed by atoms with E-state index < -0.39 is 0 Å². The van der Waals surface area contributed by atoms with Gasteiger partial charge in [0.2, 0.25) is 5.76 Å². The van der Waals surface area contributed by atoms with Crippen molar-refractivity contribution in [3.05, 3.63) is 42.7 Å². The van der Waals surface area contributed by atoms with Gasteiger partial charge in [0.15, 0.2) is 23.1 Å². The Kier molecular flexibility index (Phi) is 1.93. The first-order valence-corrected chi connectivity index (χ1v) is 4.90. The molecular formula is C12H9NO3. The normalized spacial score (nSPS) is 10.8. The Morgan fingerprint density at radius 3 is 2.31 bits per heavy atom. The fourth-order valence-corrected chi connectivity index (χ4v) is 1.58. The van der Waals surface area contributed by atoms with Crippen LogP contribution in [0, 0.1) is 6.92 Å². The first-order chi connectivity index (χ1) is 7.84. The molecule has 0 unspecified atom stereocenters. The molecule has 3 heterocycles. The second kappa shape index (κ2) is 3.41. The molecule has 3 rings (SSSR count). The van der Waals surface area contributed by atoms with Crippen LogP contribution in [-0.4, -0.2) is 4.98 Å². The van der Waals surface area contributed by atoms with E-state index in [0.717, 1.165) is 0 Å². The van der Waals surface area contributed by atoms with Crippen LogP contribution in [0.5, 0.6) is 0 Å². The lowest BCUT2D eigenvalue weighted by atomic mass is 10.2. The monoisotopic (exact) mass is 215 g/mol. The Morgan fingerprint density at radius 1 is 1.00 bits per heavy atom. The van der Waals surface area contributed by atoms with Gasteiger partial charge in [0.25, 0.3) is 0 Å². The van der Waals surface area contributed by atoms with Crippen LogP contribution in [0.15, 0.2) is 50.0 Å². The van der Waals surface area contributed by atoms with Crippen LogP contribution in [-0.2, 0) is 0 Å². The molecule has 0 atom stereocenters. The molecule has 0 radical (unpaired) electrons. The fourth-order valence-electron chi connectivity index (χ4n) is 1.58. The smallest absolute Gasteiger partial charge is 0.201 e. The molecular weight excluding hydrogens is 206 g/mol. The molecule has 4 nitrogen and oxygen atoms in total. The van der Waals surface area contributed by atoms with Gasteiger partial charge >= 0.3 is 0 Å². The van der Waals surface area contributed by atoms with Gasteiger partial charge in [-0.05, 0) is 24.3 Å². The van der Waals surface area contributed by atoms with E-state index in [4.69, 9.17) is 13.3 Å². The molecule has 3 aromatic heterocycles. The summed E-state index contributed by atoms with van der Waals surface area (Å²) in [5.41, 5.74) is 0.664. The Balaban J connectivity index is 2.19. The zero-order valence-electron chi connectivity index (χ0n) is 8.64. The van der Waals surface area contributed by atoms with Crippen molar-refractivity contribution in [1.29, 1.82) is 0 Å². The van der Waals surface area contributed by atoms with Gasteiger partial charge in [-0.15, -0.1) is 0 Å². The Bertz CT molecular complexity index is 524. The number of furan rings is 2. The van der Waals surface area contributed by atoms with Crippen molar-refractivity contribution in [2.24, 2.45) is 0 Å². The second-order valence-electron chi connectivity index (χ2n) is 3.37. The van der Waals surface area contributed by atoms with E-state index in [9.17, 15) is 0 Å². The maximum Gasteiger partial charge on any atom is 0.201 e. The molecule has 0 saturated carbocycles. The van der Waals surface area contributed by atoms with Gasteiger partial charge in [0.1, 0.15) is 0 Å². The molecule has 0 N–H and O–H groups in total. The summed E-state index contributed by atoms with van der Waals surface area (Å²) in [4.78, 5) is 4.29. The molecule has 0 spiro atoms. The van der Waals surface area contributed by atoms with Gasteiger partial charge in [-0.2, -0.15) is 0 Å². The minimum atomic E-state index is 0.581. The SMILES string of the molecule is Cc1nc(-c2ccco2)c(-c2ccco2)o1. The predicted molar refractivity (Wildman–Crippen MR) is 56.6 cm³/mol. The highest BCUT2D eigenvalue weighted by Crippen LogP contribution is 2.32. The summed E-state index contributed by atoms with van der Waals surface area (Å²) in [6, 6.07) is 7.28. The summed E-state index contributed by atoms with van der Waals surface area (Å²) in [6.07, 6.45) is 3.20. The lowest BCUT2D eigenvalue weighted by molar-refractivity contribution is 0.499. The Labute approximate surface area is 91.5 Å². The number of hydrogen-bond acceptors (Lipinski definition) is 4. The van der Waals surface area contributed by atoms with E-state index in [1.807, 2.05) is 18.2 Å². The first-order valence-electron chi connectivity index (χ1n) is 4.90. The maximum absolute atomic E-state index is 5.52. The van der Waals surface area contributed by atoms with Crippen molar-refractivity contribution >= 4 is 0 Å². The third-order valence-corrected chi connectivity index (χ3v) is 2.23. The quantitative estimate of drug-likeness (QED) is 0.656. The molecule has 3 aromatic rings. The van der Waals surface area contributed by atoms with Crippen molar-refractivity contribution in [2.75, 3.05) is 0 Å². The van der Waals surface area contributed by atoms with E-state index in [1.165, 1.54) is 0 Å². The summed E-state index contributed by atoms with van der Waals surface area (Å²) in [7, 11) is 0. The number of hydrogen-bond donors (Lipinski definition) is 0. The Morgan fingerprint density at radius 2 is 1.69 bits per heavy atom. The van der Waals surface area contributed by atoms with E-state index >= 15 is 0 Å². The average Bonchev–Trinajstić information content (AvgIpc) is 2.98. The predicted octanol–water partition coefficient (Wildman–Crippen LogP) is 3.50. The molecule has 80 valence electrons. The lowest BCUT2D eigenvalue weighted by Crippen LogP contribution is -1.77. The highest BCUT2D eigenvalue weighted by Gasteiger charge is 2.18. The average molecular weight is 215 g/mol. The zero-order chi connectivity index (χ0) is 11.0. The summed E-state index contributed by atoms with van der Waals surface area (Å²) in [6.45, 7) is 1.79. The van der Waals surface area contributed by atoms with Crippen molar-refractivity contribution in [1.82, 2.24) is 4.98 Å². The van der Waals surface area contributed by atoms with Gasteiger partial charge < -0.3 is 13.3 Å². The minimum Gasteiger partial charge on any atom is -0.463 e. The summed E-state index contributed by atoms with van der Waals surface area (Å²) in [5.74, 6) is 2.49. The number of nitrogens with zero attached hydrogens (tertiary/aromatic N) is 1. The van der Waals surface area contributed by atoms with Crippen molar-refractivity contribution in [3.8, 4) is 23.0 Å². The first kappa shape index (κ1) is 9.03. The summed E-state index contributed by atoms with van der Waals surface area (Å²) < 4.78 is 16.1. The third-order valence-electron chi connectivity index (χ3n) is 2.23. The molecule has 0 amide bonds. The molecule has 0 aliphatic carbocycles. The topological polar surface area (TPSA) is 52.3 Å². The van der Waals surface area contributed by atoms with E-state index in [0.29, 0.717) is 28.9 Å². The van der Waals surface area contributed by atoms with Crippen LogP contribution in [0.2, 0.25) is 0 Å². The molecule has 0 fully saturated rings. The number of aromatic nitrogens is 1. The van der Waals surface area contributed by atoms with Crippen LogP contribution in [0.1, 0.15) is 5.89 Å². The minimum absolute atomic E-state index is 0.581. The van der Waals surface area contributed by atoms with Crippen LogP contribution >= 0.6 is 0 Å². The van der Waals surface area contributed by atoms with Crippen LogP contribution in [0.3, 0.4) is 0 Å². The van der Waals surface area contributed by atoms with Crippen LogP contribution in [0.25, 0.3) is 23.0 Å². The Hall–Kier alpha value is -2.23. The number of rotatable bonds is 2. The molecule has 16 heavy (non-hydrogen) atoms. The highest BCUT2D eigenvalue weighted by molar-refractivity contribution is 5.70. The largest absolute Gasteiger partial charge is 0.463 e. The summed E-state index contributed by atoms with van der Waals surface area (Å²) in [5, 5.41) is 0. The van der Waals surface area contributed by atoms with Crippen molar-refractivity contribution in [3.63, 3.8) is 0 Å². The molecule has 4 heteroatoms. The molecule has 0 bridgehead atoms. The number of aryl methyl sites for hydroxylation is 1. The second-order valence-corrected chi connectivity index (χ2v) is 3.37. The van der Waals surface area contributed by atoms with E-state index in [-0.39, 0.29) is 0 Å². The van der Waals surface area contributed by atoms with Crippen molar-refractivity contribution < 1.29 is 13.3 Å². The van der Waals surface area contributed by atoms with E-state index in [2.05, 4.69) is 4.98 Å². The standard InChI is InChI=1S/C12H9NO3/c1-8-13-11(9-4-2-6-14-9)12(16-8)10-5-3-7-15-10/h2-7H,1H3. The van der Waals surface area contributed by atoms with Gasteiger partial charge in [-0.1, -0.05) is 0 Å². The van der Waals surface area contributed by atoms with Gasteiger partial charge in [0, 0.05) is 6.92 Å². The zero-order valence-corrected chi connectivity index (χ0v) is 8.64. The van der Waals surface area contributed by atoms with Gasteiger partial charge in [-0.25, -0.2) is 4.98 Å². The van der Waals surface area contributed by atoms with Crippen molar-refractivity contribution in [2.45, 2.75) is 6.92 Å². The summed E-state index contributed by atoms with van der Waals surface area (Å²) >= 11 is 0. The molecule has 0 aliphatic heterocycles. The van der Waals surface area contributed by atoms with E-state index in [1.54, 1.807) is 25.5 Å². The highest BCUT2D eigenvalue weighted by atomic mass is 16.4. The lowest BCUT2D eigenvalue weighted by Gasteiger charge is -1.93. The molecule has 0 aliphatic rings. The van der Waals surface area contributed by atoms with Crippen LogP contribution in [0.4, 0.5) is 0 Å². The van der Waals surface area contributed by atoms with Gasteiger partial charge in [0.05, 0.1) is 12.5 Å². The molecule has 0 aromatic carbocycles. The third kappa shape index (κ3) is 1.35.